The molecular weight excluding hydrogens is 344 g/mol. The number of ether oxygens (including phenoxy) is 1. The third kappa shape index (κ3) is 3.25. The number of hydrogen-bond acceptors (Lipinski definition) is 4. The molecule has 126 valence electrons. The van der Waals surface area contributed by atoms with Crippen molar-refractivity contribution in [3.63, 3.8) is 0 Å². The van der Waals surface area contributed by atoms with Crippen LogP contribution in [0.2, 0.25) is 5.02 Å². The zero-order chi connectivity index (χ0) is 18.0. The summed E-state index contributed by atoms with van der Waals surface area (Å²) >= 11 is 5.83. The first-order chi connectivity index (χ1) is 12.0. The molecule has 2 aromatic rings. The molecule has 0 radical (unpaired) electrons. The largest absolute Gasteiger partial charge is 0.496 e. The second kappa shape index (κ2) is 6.78. The van der Waals surface area contributed by atoms with E-state index in [0.717, 1.165) is 4.90 Å². The van der Waals surface area contributed by atoms with Gasteiger partial charge in [0.1, 0.15) is 11.3 Å². The average molecular weight is 357 g/mol. The first-order valence-corrected chi connectivity index (χ1v) is 7.69. The first kappa shape index (κ1) is 16.7. The number of nitrogens with one attached hydrogen (secondary N) is 1. The molecule has 1 saturated heterocycles. The molecule has 1 heterocycles. The molecule has 25 heavy (non-hydrogen) atoms. The molecule has 1 fully saturated rings. The average Bonchev–Trinajstić information content (AvgIpc) is 2.60. The Bertz CT molecular complexity index is 890. The van der Waals surface area contributed by atoms with Gasteiger partial charge in [0.15, 0.2) is 0 Å². The van der Waals surface area contributed by atoms with E-state index >= 15 is 0 Å². The monoisotopic (exact) mass is 356 g/mol. The van der Waals surface area contributed by atoms with Crippen molar-refractivity contribution >= 4 is 41.2 Å². The number of rotatable bonds is 3. The molecule has 6 nitrogen and oxygen atoms in total. The Morgan fingerprint density at radius 1 is 1.04 bits per heavy atom. The molecule has 0 aromatic heterocycles. The molecule has 0 saturated carbocycles. The predicted octanol–water partition coefficient (Wildman–Crippen LogP) is 3.02. The number of para-hydroxylation sites is 1. The summed E-state index contributed by atoms with van der Waals surface area (Å²) in [5, 5.41) is 2.63. The summed E-state index contributed by atoms with van der Waals surface area (Å²) in [6.07, 6.45) is 1.39. The SMILES string of the molecule is COc1ccccc1/C=C1/C(=O)NC(=O)N(c2ccc(Cl)cc2)C1=O. The molecule has 0 unspecified atom stereocenters. The van der Waals surface area contributed by atoms with Crippen molar-refractivity contribution in [2.24, 2.45) is 0 Å². The fourth-order valence-corrected chi connectivity index (χ4v) is 2.55. The maximum atomic E-state index is 12.7. The van der Waals surface area contributed by atoms with Crippen LogP contribution in [0.3, 0.4) is 0 Å². The number of benzene rings is 2. The van der Waals surface area contributed by atoms with E-state index in [4.69, 9.17) is 16.3 Å². The highest BCUT2D eigenvalue weighted by atomic mass is 35.5. The lowest BCUT2D eigenvalue weighted by atomic mass is 10.1. The van der Waals surface area contributed by atoms with Crippen LogP contribution in [0.25, 0.3) is 6.08 Å². The van der Waals surface area contributed by atoms with Gasteiger partial charge in [0, 0.05) is 10.6 Å². The summed E-state index contributed by atoms with van der Waals surface area (Å²) in [7, 11) is 1.49. The molecule has 1 aliphatic rings. The van der Waals surface area contributed by atoms with Gasteiger partial charge in [0.2, 0.25) is 0 Å². The zero-order valence-corrected chi connectivity index (χ0v) is 13.9. The topological polar surface area (TPSA) is 75.7 Å². The van der Waals surface area contributed by atoms with Crippen molar-refractivity contribution < 1.29 is 19.1 Å². The molecule has 7 heteroatoms. The Labute approximate surface area is 148 Å². The number of amides is 4. The van der Waals surface area contributed by atoms with Crippen LogP contribution in [-0.4, -0.2) is 25.0 Å². The molecule has 2 aromatic carbocycles. The molecule has 3 rings (SSSR count). The van der Waals surface area contributed by atoms with Gasteiger partial charge < -0.3 is 4.74 Å². The van der Waals surface area contributed by atoms with E-state index in [1.165, 1.54) is 25.3 Å². The molecular formula is C18H13ClN2O4. The van der Waals surface area contributed by atoms with Crippen molar-refractivity contribution in [1.82, 2.24) is 5.32 Å². The molecule has 1 aliphatic heterocycles. The second-order valence-corrected chi connectivity index (χ2v) is 5.61. The summed E-state index contributed by atoms with van der Waals surface area (Å²) in [5.41, 5.74) is 0.693. The number of nitrogens with zero attached hydrogens (tertiary/aromatic N) is 1. The smallest absolute Gasteiger partial charge is 0.335 e. The van der Waals surface area contributed by atoms with Gasteiger partial charge in [-0.05, 0) is 36.4 Å². The van der Waals surface area contributed by atoms with E-state index in [0.29, 0.717) is 22.0 Å². The maximum absolute atomic E-state index is 12.7. The van der Waals surface area contributed by atoms with Crippen LogP contribution in [0.1, 0.15) is 5.56 Å². The first-order valence-electron chi connectivity index (χ1n) is 7.31. The van der Waals surface area contributed by atoms with Crippen LogP contribution in [0.4, 0.5) is 10.5 Å². The van der Waals surface area contributed by atoms with E-state index < -0.39 is 17.8 Å². The minimum Gasteiger partial charge on any atom is -0.496 e. The number of anilines is 1. The highest BCUT2D eigenvalue weighted by Crippen LogP contribution is 2.25. The van der Waals surface area contributed by atoms with Crippen molar-refractivity contribution in [3.8, 4) is 5.75 Å². The van der Waals surface area contributed by atoms with Crippen molar-refractivity contribution in [2.45, 2.75) is 0 Å². The number of methoxy groups -OCH3 is 1. The van der Waals surface area contributed by atoms with E-state index in [-0.39, 0.29) is 5.57 Å². The van der Waals surface area contributed by atoms with E-state index in [2.05, 4.69) is 5.32 Å². The fraction of sp³-hybridized carbons (Fsp3) is 0.0556. The van der Waals surface area contributed by atoms with Crippen LogP contribution < -0.4 is 15.0 Å². The van der Waals surface area contributed by atoms with Crippen LogP contribution in [-0.2, 0) is 9.59 Å². The summed E-state index contributed by atoms with van der Waals surface area (Å²) in [4.78, 5) is 37.9. The van der Waals surface area contributed by atoms with Gasteiger partial charge in [-0.15, -0.1) is 0 Å². The lowest BCUT2D eigenvalue weighted by Crippen LogP contribution is -2.54. The molecule has 0 spiro atoms. The van der Waals surface area contributed by atoms with E-state index in [1.54, 1.807) is 36.4 Å². The summed E-state index contributed by atoms with van der Waals surface area (Å²) in [6, 6.07) is 12.3. The summed E-state index contributed by atoms with van der Waals surface area (Å²) < 4.78 is 5.22. The van der Waals surface area contributed by atoms with E-state index in [9.17, 15) is 14.4 Å². The standard InChI is InChI=1S/C18H13ClN2O4/c1-25-15-5-3-2-4-11(15)10-14-16(22)20-18(24)21(17(14)23)13-8-6-12(19)7-9-13/h2-10H,1H3,(H,20,22,24)/b14-10-. The Morgan fingerprint density at radius 3 is 2.40 bits per heavy atom. The van der Waals surface area contributed by atoms with Crippen molar-refractivity contribution in [1.29, 1.82) is 0 Å². The molecule has 0 atom stereocenters. The number of hydrogen-bond donors (Lipinski definition) is 1. The van der Waals surface area contributed by atoms with E-state index in [1.807, 2.05) is 0 Å². The Hall–Kier alpha value is -3.12. The highest BCUT2D eigenvalue weighted by Gasteiger charge is 2.36. The van der Waals surface area contributed by atoms with Crippen LogP contribution in [0.5, 0.6) is 5.75 Å². The zero-order valence-electron chi connectivity index (χ0n) is 13.2. The number of urea groups is 1. The summed E-state index contributed by atoms with van der Waals surface area (Å²) in [6.45, 7) is 0. The van der Waals surface area contributed by atoms with Gasteiger partial charge in [0.25, 0.3) is 11.8 Å². The normalized spacial score (nSPS) is 16.2. The Balaban J connectivity index is 2.03. The molecule has 1 N–H and O–H groups in total. The van der Waals surface area contributed by atoms with Crippen LogP contribution in [0, 0.1) is 0 Å². The molecule has 0 bridgehead atoms. The number of carbonyl (C=O) groups is 3. The number of carbonyl (C=O) groups excluding carboxylic acids is 3. The third-order valence-corrected chi connectivity index (χ3v) is 3.88. The number of imide groups is 2. The van der Waals surface area contributed by atoms with Crippen LogP contribution in [0.15, 0.2) is 54.1 Å². The second-order valence-electron chi connectivity index (χ2n) is 5.18. The van der Waals surface area contributed by atoms with Gasteiger partial charge in [-0.3, -0.25) is 14.9 Å². The summed E-state index contributed by atoms with van der Waals surface area (Å²) in [5.74, 6) is -0.973. The quantitative estimate of drug-likeness (QED) is 0.677. The minimum absolute atomic E-state index is 0.168. The number of halogens is 1. The molecule has 4 amide bonds. The minimum atomic E-state index is -0.811. The lowest BCUT2D eigenvalue weighted by molar-refractivity contribution is -0.122. The van der Waals surface area contributed by atoms with Crippen molar-refractivity contribution in [2.75, 3.05) is 12.0 Å². The fourth-order valence-electron chi connectivity index (χ4n) is 2.42. The number of barbiturate groups is 1. The highest BCUT2D eigenvalue weighted by molar-refractivity contribution is 6.39. The predicted molar refractivity (Wildman–Crippen MR) is 93.4 cm³/mol. The Morgan fingerprint density at radius 2 is 1.72 bits per heavy atom. The maximum Gasteiger partial charge on any atom is 0.335 e. The van der Waals surface area contributed by atoms with Gasteiger partial charge >= 0.3 is 6.03 Å². The van der Waals surface area contributed by atoms with Gasteiger partial charge in [-0.2, -0.15) is 0 Å². The molecule has 0 aliphatic carbocycles. The van der Waals surface area contributed by atoms with Gasteiger partial charge in [-0.1, -0.05) is 29.8 Å². The van der Waals surface area contributed by atoms with Crippen LogP contribution >= 0.6 is 11.6 Å². The Kier molecular flexibility index (Phi) is 4.54. The van der Waals surface area contributed by atoms with Gasteiger partial charge in [-0.25, -0.2) is 9.69 Å². The lowest BCUT2D eigenvalue weighted by Gasteiger charge is -2.26. The third-order valence-electron chi connectivity index (χ3n) is 3.63. The van der Waals surface area contributed by atoms with Crippen molar-refractivity contribution in [3.05, 3.63) is 64.7 Å². The van der Waals surface area contributed by atoms with Gasteiger partial charge in [0.05, 0.1) is 12.8 Å².